The van der Waals surface area contributed by atoms with Gasteiger partial charge in [-0.05, 0) is 56.0 Å². The lowest BCUT2D eigenvalue weighted by Crippen LogP contribution is -2.44. The van der Waals surface area contributed by atoms with Crippen molar-refractivity contribution in [2.24, 2.45) is 11.8 Å². The summed E-state index contributed by atoms with van der Waals surface area (Å²) in [5.41, 5.74) is 0. The summed E-state index contributed by atoms with van der Waals surface area (Å²) in [5, 5.41) is 0. The van der Waals surface area contributed by atoms with Crippen LogP contribution in [0.1, 0.15) is 59.8 Å². The van der Waals surface area contributed by atoms with Crippen molar-refractivity contribution in [1.29, 1.82) is 0 Å². The molecule has 1 aliphatic heterocycles. The SMILES string of the molecule is CCCO[Si](CC)(CC(C)C1CCC2OC2C1)OCCC. The summed E-state index contributed by atoms with van der Waals surface area (Å²) in [6.07, 6.45) is 7.22. The molecule has 2 aliphatic rings. The fourth-order valence-electron chi connectivity index (χ4n) is 3.69. The second-order valence-electron chi connectivity index (χ2n) is 6.93. The predicted molar refractivity (Wildman–Crippen MR) is 88.7 cm³/mol. The molecule has 0 aromatic heterocycles. The van der Waals surface area contributed by atoms with Gasteiger partial charge in [0.25, 0.3) is 0 Å². The van der Waals surface area contributed by atoms with Gasteiger partial charge in [0.05, 0.1) is 12.2 Å². The van der Waals surface area contributed by atoms with Gasteiger partial charge in [0.1, 0.15) is 0 Å². The Hall–Kier alpha value is 0.0969. The van der Waals surface area contributed by atoms with Crippen molar-refractivity contribution in [1.82, 2.24) is 0 Å². The zero-order chi connectivity index (χ0) is 15.3. The molecule has 0 aromatic rings. The summed E-state index contributed by atoms with van der Waals surface area (Å²) in [6, 6.07) is 2.23. The van der Waals surface area contributed by atoms with Crippen molar-refractivity contribution in [3.8, 4) is 0 Å². The predicted octanol–water partition coefficient (Wildman–Crippen LogP) is 4.51. The Balaban J connectivity index is 1.91. The highest BCUT2D eigenvalue weighted by atomic mass is 28.4. The first-order valence-electron chi connectivity index (χ1n) is 9.07. The zero-order valence-electron chi connectivity index (χ0n) is 14.4. The summed E-state index contributed by atoms with van der Waals surface area (Å²) in [5.74, 6) is 1.51. The molecule has 1 saturated carbocycles. The van der Waals surface area contributed by atoms with Gasteiger partial charge in [0, 0.05) is 13.2 Å². The first-order valence-corrected chi connectivity index (χ1v) is 11.3. The first kappa shape index (κ1) is 17.5. The topological polar surface area (TPSA) is 31.0 Å². The van der Waals surface area contributed by atoms with Crippen molar-refractivity contribution >= 4 is 8.56 Å². The quantitative estimate of drug-likeness (QED) is 0.439. The van der Waals surface area contributed by atoms with E-state index in [1.165, 1.54) is 19.3 Å². The number of epoxide rings is 1. The normalized spacial score (nSPS) is 30.0. The molecule has 1 aliphatic carbocycles. The third kappa shape index (κ3) is 4.78. The van der Waals surface area contributed by atoms with Gasteiger partial charge in [-0.3, -0.25) is 0 Å². The van der Waals surface area contributed by atoms with E-state index in [1.54, 1.807) is 0 Å². The van der Waals surface area contributed by atoms with Crippen LogP contribution in [0.15, 0.2) is 0 Å². The second-order valence-corrected chi connectivity index (χ2v) is 10.4. The average molecular weight is 315 g/mol. The Morgan fingerprint density at radius 1 is 1.05 bits per heavy atom. The Labute approximate surface area is 132 Å². The van der Waals surface area contributed by atoms with E-state index in [1.807, 2.05) is 0 Å². The highest BCUT2D eigenvalue weighted by Gasteiger charge is 2.47. The Morgan fingerprint density at radius 3 is 2.24 bits per heavy atom. The summed E-state index contributed by atoms with van der Waals surface area (Å²) in [4.78, 5) is 0. The minimum absolute atomic E-state index is 0.581. The van der Waals surface area contributed by atoms with Gasteiger partial charge in [0.15, 0.2) is 0 Å². The number of rotatable bonds is 10. The fraction of sp³-hybridized carbons (Fsp3) is 1.00. The minimum atomic E-state index is -2.01. The van der Waals surface area contributed by atoms with Crippen LogP contribution in [-0.2, 0) is 13.6 Å². The summed E-state index contributed by atoms with van der Waals surface area (Å²) in [7, 11) is -2.01. The molecular weight excluding hydrogens is 280 g/mol. The monoisotopic (exact) mass is 314 g/mol. The number of fused-ring (bicyclic) bond motifs is 1. The van der Waals surface area contributed by atoms with Gasteiger partial charge in [-0.2, -0.15) is 0 Å². The van der Waals surface area contributed by atoms with Crippen molar-refractivity contribution in [2.45, 2.75) is 84.1 Å². The van der Waals surface area contributed by atoms with Gasteiger partial charge in [-0.25, -0.2) is 0 Å². The van der Waals surface area contributed by atoms with Gasteiger partial charge in [-0.1, -0.05) is 27.7 Å². The minimum Gasteiger partial charge on any atom is -0.394 e. The van der Waals surface area contributed by atoms with Crippen LogP contribution >= 0.6 is 0 Å². The summed E-state index contributed by atoms with van der Waals surface area (Å²) < 4.78 is 18.3. The molecule has 0 N–H and O–H groups in total. The smallest absolute Gasteiger partial charge is 0.338 e. The zero-order valence-corrected chi connectivity index (χ0v) is 15.4. The fourth-order valence-corrected chi connectivity index (χ4v) is 7.18. The molecule has 0 amide bonds. The van der Waals surface area contributed by atoms with Crippen LogP contribution in [0.25, 0.3) is 0 Å². The van der Waals surface area contributed by atoms with Gasteiger partial charge >= 0.3 is 8.56 Å². The van der Waals surface area contributed by atoms with Crippen LogP contribution in [0.3, 0.4) is 0 Å². The van der Waals surface area contributed by atoms with Crippen molar-refractivity contribution in [3.63, 3.8) is 0 Å². The maximum absolute atomic E-state index is 6.31. The molecule has 0 aromatic carbocycles. The summed E-state index contributed by atoms with van der Waals surface area (Å²) >= 11 is 0. The molecule has 4 atom stereocenters. The van der Waals surface area contributed by atoms with E-state index >= 15 is 0 Å². The molecule has 0 spiro atoms. The largest absolute Gasteiger partial charge is 0.394 e. The molecular formula is C17H34O3Si. The molecule has 1 saturated heterocycles. The van der Waals surface area contributed by atoms with Crippen molar-refractivity contribution < 1.29 is 13.6 Å². The van der Waals surface area contributed by atoms with Crippen LogP contribution in [0.2, 0.25) is 12.1 Å². The molecule has 2 rings (SSSR count). The first-order chi connectivity index (χ1) is 10.1. The van der Waals surface area contributed by atoms with Crippen LogP contribution in [0, 0.1) is 11.8 Å². The van der Waals surface area contributed by atoms with Crippen molar-refractivity contribution in [3.05, 3.63) is 0 Å². The Morgan fingerprint density at radius 2 is 1.71 bits per heavy atom. The van der Waals surface area contributed by atoms with E-state index < -0.39 is 8.56 Å². The second kappa shape index (κ2) is 8.09. The molecule has 124 valence electrons. The van der Waals surface area contributed by atoms with E-state index in [-0.39, 0.29) is 0 Å². The third-order valence-electron chi connectivity index (χ3n) is 5.16. The van der Waals surface area contributed by atoms with Crippen LogP contribution in [-0.4, -0.2) is 34.0 Å². The lowest BCUT2D eigenvalue weighted by molar-refractivity contribution is 0.156. The molecule has 0 bridgehead atoms. The highest BCUT2D eigenvalue weighted by Crippen LogP contribution is 2.44. The standard InChI is InChI=1S/C17H34O3Si/c1-5-10-18-21(7-3,19-11-6-2)13-14(4)15-8-9-16-17(12-15)20-16/h14-17H,5-13H2,1-4H3. The molecule has 0 radical (unpaired) electrons. The summed E-state index contributed by atoms with van der Waals surface area (Å²) in [6.45, 7) is 10.7. The molecule has 1 heterocycles. The van der Waals surface area contributed by atoms with Gasteiger partial charge in [-0.15, -0.1) is 0 Å². The van der Waals surface area contributed by atoms with Crippen LogP contribution in [0.4, 0.5) is 0 Å². The number of ether oxygens (including phenoxy) is 1. The van der Waals surface area contributed by atoms with E-state index in [4.69, 9.17) is 13.6 Å². The third-order valence-corrected chi connectivity index (χ3v) is 8.96. The molecule has 4 unspecified atom stereocenters. The van der Waals surface area contributed by atoms with E-state index in [0.29, 0.717) is 18.1 Å². The van der Waals surface area contributed by atoms with E-state index in [9.17, 15) is 0 Å². The van der Waals surface area contributed by atoms with E-state index in [2.05, 4.69) is 27.7 Å². The average Bonchev–Trinajstić information content (AvgIpc) is 3.28. The molecule has 2 fully saturated rings. The maximum Gasteiger partial charge on any atom is 0.338 e. The van der Waals surface area contributed by atoms with Gasteiger partial charge in [0.2, 0.25) is 0 Å². The number of hydrogen-bond donors (Lipinski definition) is 0. The Bertz CT molecular complexity index is 302. The van der Waals surface area contributed by atoms with Crippen LogP contribution in [0.5, 0.6) is 0 Å². The number of hydrogen-bond acceptors (Lipinski definition) is 3. The van der Waals surface area contributed by atoms with Crippen LogP contribution < -0.4 is 0 Å². The molecule has 21 heavy (non-hydrogen) atoms. The van der Waals surface area contributed by atoms with Crippen molar-refractivity contribution in [2.75, 3.05) is 13.2 Å². The molecule has 3 nitrogen and oxygen atoms in total. The lowest BCUT2D eigenvalue weighted by Gasteiger charge is -2.35. The maximum atomic E-state index is 6.31. The Kier molecular flexibility index (Phi) is 6.72. The molecule has 4 heteroatoms. The highest BCUT2D eigenvalue weighted by molar-refractivity contribution is 6.67. The van der Waals surface area contributed by atoms with Gasteiger partial charge < -0.3 is 13.6 Å². The lowest BCUT2D eigenvalue weighted by atomic mass is 9.82. The van der Waals surface area contributed by atoms with E-state index in [0.717, 1.165) is 44.1 Å².